The molecule has 6 rings (SSSR count). The molecule has 4 saturated carbocycles. The quantitative estimate of drug-likeness (QED) is 0.655. The van der Waals surface area contributed by atoms with Crippen LogP contribution in [0.2, 0.25) is 0 Å². The first-order valence-electron chi connectivity index (χ1n) is 11.3. The summed E-state index contributed by atoms with van der Waals surface area (Å²) in [6, 6.07) is 8.89. The van der Waals surface area contributed by atoms with Gasteiger partial charge in [-0.15, -0.1) is 5.10 Å². The first-order chi connectivity index (χ1) is 15.1. The molecule has 1 N–H and O–H groups in total. The topological polar surface area (TPSA) is 99.0 Å². The Hall–Kier alpha value is -2.77. The summed E-state index contributed by atoms with van der Waals surface area (Å²) in [6.07, 6.45) is 9.62. The molecule has 4 aliphatic carbocycles. The largest absolute Gasteiger partial charge is 0.454 e. The van der Waals surface area contributed by atoms with E-state index in [0.29, 0.717) is 13.0 Å². The van der Waals surface area contributed by atoms with E-state index in [2.05, 4.69) is 20.8 Å². The molecule has 8 heteroatoms. The van der Waals surface area contributed by atoms with Gasteiger partial charge in [0.05, 0.1) is 0 Å². The normalized spacial score (nSPS) is 29.5. The highest BCUT2D eigenvalue weighted by Gasteiger charge is 2.50. The minimum Gasteiger partial charge on any atom is -0.454 e. The number of rotatable bonds is 8. The van der Waals surface area contributed by atoms with Crippen LogP contribution in [0.4, 0.5) is 0 Å². The number of nitrogens with zero attached hydrogens (tertiary/aromatic N) is 4. The van der Waals surface area contributed by atoms with Crippen molar-refractivity contribution in [1.82, 2.24) is 25.5 Å². The Bertz CT molecular complexity index is 879. The minimum atomic E-state index is -0.714. The molecule has 8 nitrogen and oxygen atoms in total. The average Bonchev–Trinajstić information content (AvgIpc) is 3.29. The van der Waals surface area contributed by atoms with Crippen LogP contribution in [-0.2, 0) is 20.7 Å². The van der Waals surface area contributed by atoms with E-state index >= 15 is 0 Å². The molecule has 0 radical (unpaired) electrons. The van der Waals surface area contributed by atoms with Gasteiger partial charge in [0.2, 0.25) is 0 Å². The van der Waals surface area contributed by atoms with Crippen molar-refractivity contribution in [3.05, 3.63) is 42.2 Å². The number of esters is 1. The fourth-order valence-electron chi connectivity index (χ4n) is 6.51. The first kappa shape index (κ1) is 20.2. The molecule has 0 aliphatic heterocycles. The number of tetrazole rings is 1. The lowest BCUT2D eigenvalue weighted by Crippen LogP contribution is -2.51. The molecule has 1 amide bonds. The predicted octanol–water partition coefficient (Wildman–Crippen LogP) is 2.33. The Morgan fingerprint density at radius 1 is 1.10 bits per heavy atom. The zero-order chi connectivity index (χ0) is 21.3. The Balaban J connectivity index is 1.15. The fraction of sp³-hybridized carbons (Fsp3) is 0.609. The molecule has 4 aliphatic rings. The van der Waals surface area contributed by atoms with Crippen LogP contribution in [-0.4, -0.2) is 45.2 Å². The second-order valence-corrected chi connectivity index (χ2v) is 9.80. The van der Waals surface area contributed by atoms with E-state index in [9.17, 15) is 9.59 Å². The van der Waals surface area contributed by atoms with Crippen LogP contribution >= 0.6 is 0 Å². The Labute approximate surface area is 181 Å². The number of aromatic nitrogens is 4. The molecule has 1 aromatic heterocycles. The van der Waals surface area contributed by atoms with E-state index in [0.717, 1.165) is 23.3 Å². The van der Waals surface area contributed by atoms with Crippen LogP contribution in [0.15, 0.2) is 36.7 Å². The lowest BCUT2D eigenvalue weighted by Gasteiger charge is -2.56. The van der Waals surface area contributed by atoms with Crippen molar-refractivity contribution in [3.63, 3.8) is 0 Å². The monoisotopic (exact) mass is 423 g/mol. The number of nitrogens with one attached hydrogen (secondary N) is 1. The van der Waals surface area contributed by atoms with Gasteiger partial charge in [-0.2, -0.15) is 0 Å². The van der Waals surface area contributed by atoms with Gasteiger partial charge in [-0.05, 0) is 77.7 Å². The van der Waals surface area contributed by atoms with Crippen molar-refractivity contribution < 1.29 is 14.3 Å². The Morgan fingerprint density at radius 2 is 1.77 bits per heavy atom. The van der Waals surface area contributed by atoms with Crippen molar-refractivity contribution in [2.24, 2.45) is 23.2 Å². The number of ether oxygens (including phenoxy) is 1. The highest BCUT2D eigenvalue weighted by Crippen LogP contribution is 2.59. The minimum absolute atomic E-state index is 0.237. The molecule has 31 heavy (non-hydrogen) atoms. The second-order valence-electron chi connectivity index (χ2n) is 9.80. The Morgan fingerprint density at radius 3 is 2.39 bits per heavy atom. The van der Waals surface area contributed by atoms with Crippen LogP contribution < -0.4 is 5.32 Å². The maximum absolute atomic E-state index is 12.8. The standard InChI is InChI=1S/C23H29N5O3/c29-21(24-14-23-10-17-6-18(11-23)8-19(7-17)12-23)13-31-22(30)20(28-15-25-26-27-28)9-16-4-2-1-3-5-16/h1-5,15,17-20H,6-14H2,(H,24,29)/t17?,18?,19?,20-,23?/m1/s1. The van der Waals surface area contributed by atoms with Gasteiger partial charge in [0.25, 0.3) is 5.91 Å². The van der Waals surface area contributed by atoms with Crippen LogP contribution in [0.5, 0.6) is 0 Å². The van der Waals surface area contributed by atoms with Gasteiger partial charge in [-0.25, -0.2) is 9.48 Å². The third kappa shape index (κ3) is 4.48. The van der Waals surface area contributed by atoms with Gasteiger partial charge in [0.1, 0.15) is 6.33 Å². The van der Waals surface area contributed by atoms with Gasteiger partial charge in [-0.1, -0.05) is 30.3 Å². The van der Waals surface area contributed by atoms with Gasteiger partial charge >= 0.3 is 5.97 Å². The molecular formula is C23H29N5O3. The van der Waals surface area contributed by atoms with Gasteiger partial charge in [0, 0.05) is 13.0 Å². The molecule has 4 fully saturated rings. The van der Waals surface area contributed by atoms with E-state index in [-0.39, 0.29) is 17.9 Å². The van der Waals surface area contributed by atoms with Crippen LogP contribution in [0.3, 0.4) is 0 Å². The highest BCUT2D eigenvalue weighted by atomic mass is 16.5. The molecule has 2 aromatic rings. The maximum atomic E-state index is 12.8. The van der Waals surface area contributed by atoms with Crippen molar-refractivity contribution in [2.45, 2.75) is 51.0 Å². The van der Waals surface area contributed by atoms with E-state index in [1.165, 1.54) is 49.5 Å². The van der Waals surface area contributed by atoms with E-state index in [4.69, 9.17) is 4.74 Å². The van der Waals surface area contributed by atoms with Gasteiger partial charge in [-0.3, -0.25) is 4.79 Å². The third-order valence-electron chi connectivity index (χ3n) is 7.40. The second kappa shape index (κ2) is 8.40. The van der Waals surface area contributed by atoms with E-state index in [1.54, 1.807) is 0 Å². The SMILES string of the molecule is O=C(COC(=O)[C@@H](Cc1ccccc1)n1cnnn1)NCC12CC3CC(CC(C3)C1)C2. The van der Waals surface area contributed by atoms with E-state index in [1.807, 2.05) is 30.3 Å². The predicted molar refractivity (Wildman–Crippen MR) is 112 cm³/mol. The average molecular weight is 424 g/mol. The lowest BCUT2D eigenvalue weighted by atomic mass is 9.49. The summed E-state index contributed by atoms with van der Waals surface area (Å²) in [4.78, 5) is 25.2. The van der Waals surface area contributed by atoms with Crippen molar-refractivity contribution in [2.75, 3.05) is 13.2 Å². The number of carbonyl (C=O) groups excluding carboxylic acids is 2. The number of hydrogen-bond acceptors (Lipinski definition) is 6. The first-order valence-corrected chi connectivity index (χ1v) is 11.3. The number of hydrogen-bond donors (Lipinski definition) is 1. The lowest BCUT2D eigenvalue weighted by molar-refractivity contribution is -0.152. The molecule has 1 atom stereocenters. The maximum Gasteiger partial charge on any atom is 0.331 e. The number of benzene rings is 1. The molecule has 0 unspecified atom stereocenters. The van der Waals surface area contributed by atoms with Crippen LogP contribution in [0.25, 0.3) is 0 Å². The fourth-order valence-corrected chi connectivity index (χ4v) is 6.51. The molecule has 0 saturated heterocycles. The highest BCUT2D eigenvalue weighted by molar-refractivity contribution is 5.81. The summed E-state index contributed by atoms with van der Waals surface area (Å²) >= 11 is 0. The number of amides is 1. The van der Waals surface area contributed by atoms with Crippen LogP contribution in [0, 0.1) is 23.2 Å². The zero-order valence-corrected chi connectivity index (χ0v) is 17.7. The van der Waals surface area contributed by atoms with E-state index < -0.39 is 12.0 Å². The molecule has 4 bridgehead atoms. The zero-order valence-electron chi connectivity index (χ0n) is 17.7. The summed E-state index contributed by atoms with van der Waals surface area (Å²) in [5, 5.41) is 14.2. The van der Waals surface area contributed by atoms with Crippen molar-refractivity contribution in [1.29, 1.82) is 0 Å². The molecule has 164 valence electrons. The molecule has 1 heterocycles. The Kier molecular flexibility index (Phi) is 5.46. The molecular weight excluding hydrogens is 394 g/mol. The molecule has 1 aromatic carbocycles. The summed E-state index contributed by atoms with van der Waals surface area (Å²) in [7, 11) is 0. The van der Waals surface area contributed by atoms with Gasteiger partial charge in [0.15, 0.2) is 12.6 Å². The molecule has 0 spiro atoms. The summed E-state index contributed by atoms with van der Waals surface area (Å²) in [5.41, 5.74) is 1.22. The smallest absolute Gasteiger partial charge is 0.331 e. The van der Waals surface area contributed by atoms with Crippen LogP contribution in [0.1, 0.15) is 50.1 Å². The summed E-state index contributed by atoms with van der Waals surface area (Å²) in [6.45, 7) is 0.423. The van der Waals surface area contributed by atoms with Gasteiger partial charge < -0.3 is 10.1 Å². The number of carbonyl (C=O) groups is 2. The third-order valence-corrected chi connectivity index (χ3v) is 7.40. The summed E-state index contributed by atoms with van der Waals surface area (Å²) in [5.74, 6) is 1.78. The van der Waals surface area contributed by atoms with Crippen molar-refractivity contribution in [3.8, 4) is 0 Å². The van der Waals surface area contributed by atoms with Crippen molar-refractivity contribution >= 4 is 11.9 Å². The summed E-state index contributed by atoms with van der Waals surface area (Å²) < 4.78 is 6.74.